The van der Waals surface area contributed by atoms with Crippen molar-refractivity contribution in [2.45, 2.75) is 19.2 Å². The number of aryl methyl sites for hydroxylation is 1. The number of carbonyl (C=O) groups is 1. The van der Waals surface area contributed by atoms with Gasteiger partial charge >= 0.3 is 6.03 Å². The van der Waals surface area contributed by atoms with Gasteiger partial charge in [0.2, 0.25) is 0 Å². The number of hydrogen-bond donors (Lipinski definition) is 2. The lowest BCUT2D eigenvalue weighted by atomic mass is 10.0. The lowest BCUT2D eigenvalue weighted by molar-refractivity contribution is -0.0396. The summed E-state index contributed by atoms with van der Waals surface area (Å²) in [7, 11) is 3.43. The van der Waals surface area contributed by atoms with Crippen LogP contribution >= 0.6 is 0 Å². The molecule has 2 aromatic carbocycles. The second kappa shape index (κ2) is 9.32. The minimum atomic E-state index is -0.544. The van der Waals surface area contributed by atoms with Crippen molar-refractivity contribution in [1.82, 2.24) is 24.6 Å². The minimum absolute atomic E-state index is 0.255. The van der Waals surface area contributed by atoms with E-state index in [0.29, 0.717) is 35.8 Å². The first-order chi connectivity index (χ1) is 17.0. The van der Waals surface area contributed by atoms with Crippen molar-refractivity contribution < 1.29 is 14.3 Å². The molecule has 1 aliphatic rings. The number of nitrogens with zero attached hydrogens (tertiary/aromatic N) is 5. The number of rotatable bonds is 4. The number of anilines is 1. The van der Waals surface area contributed by atoms with Crippen LogP contribution in [0.2, 0.25) is 0 Å². The fraction of sp³-hybridized carbons (Fsp3) is 0.280. The first kappa shape index (κ1) is 22.8. The Labute approximate surface area is 202 Å². The molecule has 0 unspecified atom stereocenters. The number of amides is 2. The lowest BCUT2D eigenvalue weighted by Gasteiger charge is -2.37. The third-order valence-electron chi connectivity index (χ3n) is 6.14. The van der Waals surface area contributed by atoms with Crippen LogP contribution in [0.1, 0.15) is 6.92 Å². The van der Waals surface area contributed by atoms with E-state index < -0.39 is 6.17 Å². The van der Waals surface area contributed by atoms with E-state index in [4.69, 9.17) is 15.2 Å². The summed E-state index contributed by atoms with van der Waals surface area (Å²) in [5, 5.41) is 8.39. The molecule has 1 saturated heterocycles. The molecule has 180 valence electrons. The average Bonchev–Trinajstić information content (AvgIpc) is 3.26. The monoisotopic (exact) mass is 473 g/mol. The molecule has 2 aromatic heterocycles. The highest BCUT2D eigenvalue weighted by Crippen LogP contribution is 2.37. The Hall–Kier alpha value is -4.02. The van der Waals surface area contributed by atoms with E-state index in [2.05, 4.69) is 20.4 Å². The highest BCUT2D eigenvalue weighted by atomic mass is 16.5. The second-order valence-corrected chi connectivity index (χ2v) is 8.41. The molecular weight excluding hydrogens is 446 g/mol. The van der Waals surface area contributed by atoms with Crippen molar-refractivity contribution >= 4 is 22.6 Å². The molecule has 0 aliphatic carbocycles. The number of hydrogen-bond acceptors (Lipinski definition) is 7. The van der Waals surface area contributed by atoms with Crippen molar-refractivity contribution in [2.24, 2.45) is 12.8 Å². The standard InChI is InChI=1S/C25H27N7O3/c1-15-24(26)32(9-10-35-15)25(33)29-20-11-17-19(12-21(20)34-3)27-14-28-23(17)18-13-31(2)30-22(18)16-7-5-4-6-8-16/h4-8,11-15,24H,9-10,26H2,1-3H3,(H,29,33)/t15-,24+/m0/s1. The van der Waals surface area contributed by atoms with Crippen molar-refractivity contribution in [2.75, 3.05) is 25.6 Å². The molecule has 10 heteroatoms. The normalized spacial score (nSPS) is 18.0. The molecule has 1 fully saturated rings. The maximum atomic E-state index is 13.1. The van der Waals surface area contributed by atoms with Gasteiger partial charge in [-0.15, -0.1) is 0 Å². The quantitative estimate of drug-likeness (QED) is 0.467. The van der Waals surface area contributed by atoms with Crippen molar-refractivity contribution in [1.29, 1.82) is 0 Å². The third kappa shape index (κ3) is 4.29. The first-order valence-corrected chi connectivity index (χ1v) is 11.3. The zero-order valence-electron chi connectivity index (χ0n) is 19.8. The number of urea groups is 1. The van der Waals surface area contributed by atoms with Crippen LogP contribution in [0.15, 0.2) is 55.0 Å². The van der Waals surface area contributed by atoms with E-state index in [9.17, 15) is 4.79 Å². The first-order valence-electron chi connectivity index (χ1n) is 11.3. The molecule has 0 bridgehead atoms. The van der Waals surface area contributed by atoms with Gasteiger partial charge in [0, 0.05) is 42.4 Å². The highest BCUT2D eigenvalue weighted by Gasteiger charge is 2.30. The molecule has 2 atom stereocenters. The predicted octanol–water partition coefficient (Wildman–Crippen LogP) is 3.24. The molecule has 10 nitrogen and oxygen atoms in total. The summed E-state index contributed by atoms with van der Waals surface area (Å²) in [5.41, 5.74) is 10.7. The number of benzene rings is 2. The summed E-state index contributed by atoms with van der Waals surface area (Å²) >= 11 is 0. The molecule has 0 spiro atoms. The van der Waals surface area contributed by atoms with Crippen LogP contribution in [0.25, 0.3) is 33.4 Å². The van der Waals surface area contributed by atoms with Crippen LogP contribution in [0.5, 0.6) is 5.75 Å². The smallest absolute Gasteiger partial charge is 0.323 e. The maximum Gasteiger partial charge on any atom is 0.323 e. The summed E-state index contributed by atoms with van der Waals surface area (Å²) in [4.78, 5) is 23.7. The third-order valence-corrected chi connectivity index (χ3v) is 6.14. The zero-order chi connectivity index (χ0) is 24.5. The Balaban J connectivity index is 1.59. The number of nitrogens with two attached hydrogens (primary N) is 1. The number of fused-ring (bicyclic) bond motifs is 1. The number of nitrogens with one attached hydrogen (secondary N) is 1. The highest BCUT2D eigenvalue weighted by molar-refractivity contribution is 6.01. The Bertz CT molecular complexity index is 1370. The fourth-order valence-corrected chi connectivity index (χ4v) is 4.30. The molecule has 5 rings (SSSR count). The number of morpholine rings is 1. The topological polar surface area (TPSA) is 120 Å². The minimum Gasteiger partial charge on any atom is -0.494 e. The Morgan fingerprint density at radius 2 is 2.00 bits per heavy atom. The molecule has 35 heavy (non-hydrogen) atoms. The summed E-state index contributed by atoms with van der Waals surface area (Å²) in [6.07, 6.45) is 2.65. The van der Waals surface area contributed by atoms with Gasteiger partial charge in [0.15, 0.2) is 0 Å². The molecule has 2 amide bonds. The van der Waals surface area contributed by atoms with Crippen LogP contribution in [0.3, 0.4) is 0 Å². The summed E-state index contributed by atoms with van der Waals surface area (Å²) in [5.74, 6) is 0.486. The Morgan fingerprint density at radius 1 is 1.20 bits per heavy atom. The van der Waals surface area contributed by atoms with Gasteiger partial charge < -0.3 is 25.4 Å². The molecule has 1 aliphatic heterocycles. The summed E-state index contributed by atoms with van der Waals surface area (Å²) < 4.78 is 12.9. The van der Waals surface area contributed by atoms with Crippen LogP contribution in [-0.2, 0) is 11.8 Å². The van der Waals surface area contributed by atoms with Gasteiger partial charge in [-0.05, 0) is 13.0 Å². The molecule has 4 aromatic rings. The fourth-order valence-electron chi connectivity index (χ4n) is 4.30. The zero-order valence-corrected chi connectivity index (χ0v) is 19.8. The van der Waals surface area contributed by atoms with Crippen molar-refractivity contribution in [3.63, 3.8) is 0 Å². The summed E-state index contributed by atoms with van der Waals surface area (Å²) in [6.45, 7) is 2.68. The largest absolute Gasteiger partial charge is 0.494 e. The molecule has 0 radical (unpaired) electrons. The van der Waals surface area contributed by atoms with Crippen molar-refractivity contribution in [3.05, 3.63) is 55.0 Å². The van der Waals surface area contributed by atoms with Crippen LogP contribution in [0.4, 0.5) is 10.5 Å². The van der Waals surface area contributed by atoms with Gasteiger partial charge in [0.25, 0.3) is 0 Å². The Morgan fingerprint density at radius 3 is 2.77 bits per heavy atom. The van der Waals surface area contributed by atoms with Gasteiger partial charge in [-0.25, -0.2) is 14.8 Å². The Kier molecular flexibility index (Phi) is 6.06. The number of carbonyl (C=O) groups excluding carboxylic acids is 1. The maximum absolute atomic E-state index is 13.1. The van der Waals surface area contributed by atoms with Gasteiger partial charge in [-0.1, -0.05) is 30.3 Å². The van der Waals surface area contributed by atoms with Crippen LogP contribution in [-0.4, -0.2) is 63.2 Å². The van der Waals surface area contributed by atoms with E-state index in [1.165, 1.54) is 6.33 Å². The van der Waals surface area contributed by atoms with Gasteiger partial charge in [-0.2, -0.15) is 5.10 Å². The van der Waals surface area contributed by atoms with Gasteiger partial charge in [0.05, 0.1) is 36.7 Å². The lowest BCUT2D eigenvalue weighted by Crippen LogP contribution is -2.58. The van der Waals surface area contributed by atoms with Crippen molar-refractivity contribution in [3.8, 4) is 28.3 Å². The van der Waals surface area contributed by atoms with E-state index in [0.717, 1.165) is 22.2 Å². The van der Waals surface area contributed by atoms with Gasteiger partial charge in [0.1, 0.15) is 23.9 Å². The molecule has 3 heterocycles. The summed E-state index contributed by atoms with van der Waals surface area (Å²) in [6, 6.07) is 13.2. The number of ether oxygens (including phenoxy) is 2. The van der Waals surface area contributed by atoms with E-state index >= 15 is 0 Å². The molecular formula is C25H27N7O3. The van der Waals surface area contributed by atoms with Gasteiger partial charge in [-0.3, -0.25) is 4.68 Å². The van der Waals surface area contributed by atoms with E-state index in [-0.39, 0.29) is 12.1 Å². The second-order valence-electron chi connectivity index (χ2n) is 8.41. The SMILES string of the molecule is COc1cc2ncnc(-c3cn(C)nc3-c3ccccc3)c2cc1NC(=O)N1CCO[C@@H](C)[C@@H]1N. The molecule has 3 N–H and O–H groups in total. The van der Waals surface area contributed by atoms with E-state index in [1.54, 1.807) is 22.8 Å². The molecule has 0 saturated carbocycles. The predicted molar refractivity (Wildman–Crippen MR) is 133 cm³/mol. The number of aromatic nitrogens is 4. The van der Waals surface area contributed by atoms with Crippen LogP contribution < -0.4 is 15.8 Å². The number of methoxy groups -OCH3 is 1. The average molecular weight is 474 g/mol. The van der Waals surface area contributed by atoms with Crippen LogP contribution in [0, 0.1) is 0 Å². The van der Waals surface area contributed by atoms with E-state index in [1.807, 2.05) is 56.6 Å².